The molecule has 1 aromatic heterocycles. The summed E-state index contributed by atoms with van der Waals surface area (Å²) in [6, 6.07) is 11.9. The lowest BCUT2D eigenvalue weighted by atomic mass is 9.90. The number of urea groups is 1. The highest BCUT2D eigenvalue weighted by molar-refractivity contribution is 5.90. The number of tetrazole rings is 1. The van der Waals surface area contributed by atoms with Crippen molar-refractivity contribution >= 4 is 17.8 Å². The zero-order valence-electron chi connectivity index (χ0n) is 26.2. The molecule has 12 heteroatoms. The van der Waals surface area contributed by atoms with Gasteiger partial charge in [-0.2, -0.15) is 0 Å². The Hall–Kier alpha value is -4.06. The number of carbonyl (C=O) groups is 2. The van der Waals surface area contributed by atoms with E-state index in [1.54, 1.807) is 16.6 Å². The third-order valence-corrected chi connectivity index (χ3v) is 8.16. The summed E-state index contributed by atoms with van der Waals surface area (Å²) >= 11 is 0. The zero-order chi connectivity index (χ0) is 31.4. The Morgan fingerprint density at radius 3 is 2.57 bits per heavy atom. The van der Waals surface area contributed by atoms with Crippen LogP contribution in [0.25, 0.3) is 11.4 Å². The number of benzene rings is 2. The van der Waals surface area contributed by atoms with Gasteiger partial charge in [0.15, 0.2) is 5.82 Å². The number of hydrogen-bond donors (Lipinski definition) is 2. The third-order valence-electron chi connectivity index (χ3n) is 8.16. The van der Waals surface area contributed by atoms with E-state index < -0.39 is 5.60 Å². The van der Waals surface area contributed by atoms with E-state index in [-0.39, 0.29) is 29.9 Å². The zero-order valence-corrected chi connectivity index (χ0v) is 26.2. The summed E-state index contributed by atoms with van der Waals surface area (Å²) in [6.45, 7) is 11.0. The van der Waals surface area contributed by atoms with Crippen LogP contribution < -0.4 is 10.6 Å². The number of hydrogen-bond acceptors (Lipinski definition) is 7. The second-order valence-corrected chi connectivity index (χ2v) is 13.2. The number of nitrogens with zero attached hydrogens (tertiary/aromatic N) is 6. The lowest BCUT2D eigenvalue weighted by Crippen LogP contribution is -2.47. The lowest BCUT2D eigenvalue weighted by molar-refractivity contribution is 0.0282. The molecular formula is C32H43FN8O3. The van der Waals surface area contributed by atoms with E-state index in [0.29, 0.717) is 30.5 Å². The van der Waals surface area contributed by atoms with E-state index in [0.717, 1.165) is 55.6 Å². The molecule has 2 aliphatic rings. The maximum Gasteiger partial charge on any atom is 0.410 e. The number of carbonyl (C=O) groups excluding carboxylic acids is 2. The minimum atomic E-state index is -0.614. The highest BCUT2D eigenvalue weighted by Gasteiger charge is 2.39. The second-order valence-electron chi connectivity index (χ2n) is 13.2. The number of nitrogens with one attached hydrogen (secondary N) is 2. The van der Waals surface area contributed by atoms with Gasteiger partial charge in [0, 0.05) is 50.4 Å². The first-order valence-electron chi connectivity index (χ1n) is 15.3. The van der Waals surface area contributed by atoms with Crippen molar-refractivity contribution in [3.05, 3.63) is 59.4 Å². The number of amides is 3. The monoisotopic (exact) mass is 606 g/mol. The topological polar surface area (TPSA) is 118 Å². The van der Waals surface area contributed by atoms with Gasteiger partial charge < -0.3 is 25.2 Å². The maximum atomic E-state index is 13.4. The molecule has 2 N–H and O–H groups in total. The first kappa shape index (κ1) is 31.4. The number of ether oxygens (including phenoxy) is 1. The van der Waals surface area contributed by atoms with Gasteiger partial charge in [0.25, 0.3) is 0 Å². The Balaban J connectivity index is 1.26. The van der Waals surface area contributed by atoms with E-state index in [1.165, 1.54) is 12.1 Å². The molecule has 0 aliphatic carbocycles. The quantitative estimate of drug-likeness (QED) is 0.403. The van der Waals surface area contributed by atoms with Gasteiger partial charge in [-0.15, -0.1) is 5.10 Å². The number of aryl methyl sites for hydroxylation is 2. The normalized spacial score (nSPS) is 20.9. The molecule has 3 amide bonds. The fourth-order valence-corrected chi connectivity index (χ4v) is 6.26. The highest BCUT2D eigenvalue weighted by atomic mass is 19.1. The first-order valence-corrected chi connectivity index (χ1v) is 15.3. The number of likely N-dealkylation sites (tertiary alicyclic amines) is 2. The molecule has 2 aromatic carbocycles. The van der Waals surface area contributed by atoms with E-state index >= 15 is 0 Å². The number of piperidine rings is 1. The van der Waals surface area contributed by atoms with Crippen molar-refractivity contribution in [3.8, 4) is 11.4 Å². The largest absolute Gasteiger partial charge is 0.444 e. The number of aromatic nitrogens is 4. The van der Waals surface area contributed by atoms with Gasteiger partial charge in [0.2, 0.25) is 0 Å². The van der Waals surface area contributed by atoms with E-state index in [9.17, 15) is 14.0 Å². The van der Waals surface area contributed by atoms with Crippen LogP contribution in [-0.2, 0) is 18.2 Å². The molecule has 3 aromatic rings. The van der Waals surface area contributed by atoms with Crippen LogP contribution in [0.5, 0.6) is 0 Å². The van der Waals surface area contributed by atoms with Crippen LogP contribution in [0.4, 0.5) is 19.7 Å². The molecule has 0 bridgehead atoms. The minimum Gasteiger partial charge on any atom is -0.444 e. The highest BCUT2D eigenvalue weighted by Crippen LogP contribution is 2.27. The average molecular weight is 607 g/mol. The summed E-state index contributed by atoms with van der Waals surface area (Å²) in [5.41, 5.74) is 2.90. The second kappa shape index (κ2) is 13.3. The molecule has 0 spiro atoms. The van der Waals surface area contributed by atoms with E-state index in [1.807, 2.05) is 58.0 Å². The molecule has 0 radical (unpaired) electrons. The van der Waals surface area contributed by atoms with Gasteiger partial charge in [-0.25, -0.2) is 18.7 Å². The molecule has 0 unspecified atom stereocenters. The fourth-order valence-electron chi connectivity index (χ4n) is 6.26. The van der Waals surface area contributed by atoms with Gasteiger partial charge in [-0.3, -0.25) is 0 Å². The van der Waals surface area contributed by atoms with Gasteiger partial charge >= 0.3 is 12.1 Å². The number of rotatable bonds is 7. The molecule has 236 valence electrons. The first-order chi connectivity index (χ1) is 20.9. The number of anilines is 1. The van der Waals surface area contributed by atoms with Gasteiger partial charge in [-0.1, -0.05) is 12.1 Å². The fraction of sp³-hybridized carbons (Fsp3) is 0.531. The molecular weight excluding hydrogens is 563 g/mol. The van der Waals surface area contributed by atoms with Crippen LogP contribution in [0.15, 0.2) is 42.5 Å². The van der Waals surface area contributed by atoms with Crippen LogP contribution in [0, 0.1) is 24.6 Å². The van der Waals surface area contributed by atoms with Crippen molar-refractivity contribution < 1.29 is 18.7 Å². The summed E-state index contributed by atoms with van der Waals surface area (Å²) in [4.78, 5) is 30.5. The van der Waals surface area contributed by atoms with Crippen LogP contribution in [0.1, 0.15) is 44.7 Å². The van der Waals surface area contributed by atoms with Gasteiger partial charge in [-0.05, 0) is 111 Å². The molecule has 2 saturated heterocycles. The number of halogens is 1. The van der Waals surface area contributed by atoms with Crippen molar-refractivity contribution in [2.45, 2.75) is 58.6 Å². The Morgan fingerprint density at radius 2 is 1.86 bits per heavy atom. The Labute approximate surface area is 258 Å². The van der Waals surface area contributed by atoms with Crippen LogP contribution in [0.2, 0.25) is 0 Å². The smallest absolute Gasteiger partial charge is 0.410 e. The predicted octanol–water partition coefficient (Wildman–Crippen LogP) is 4.64. The molecule has 2 aliphatic heterocycles. The SMILES string of the molecule is Cc1cc(NC(=O)N[C@@H]2CN(C(=O)OC(C)(C)C)C[C@@H]2CN2CCC[C@@H](Cc3ccc(F)cc3)C2)cc(-c2nnnn2C)c1. The van der Waals surface area contributed by atoms with Crippen molar-refractivity contribution in [1.82, 2.24) is 35.3 Å². The predicted molar refractivity (Wildman–Crippen MR) is 165 cm³/mol. The lowest BCUT2D eigenvalue weighted by Gasteiger charge is -2.35. The molecule has 5 rings (SSSR count). The Bertz CT molecular complexity index is 1450. The molecule has 11 nitrogen and oxygen atoms in total. The van der Waals surface area contributed by atoms with Gasteiger partial charge in [0.1, 0.15) is 11.4 Å². The van der Waals surface area contributed by atoms with Crippen molar-refractivity contribution in [1.29, 1.82) is 0 Å². The summed E-state index contributed by atoms with van der Waals surface area (Å²) in [6.07, 6.45) is 2.72. The summed E-state index contributed by atoms with van der Waals surface area (Å²) in [5, 5.41) is 17.8. The van der Waals surface area contributed by atoms with Crippen LogP contribution >= 0.6 is 0 Å². The van der Waals surface area contributed by atoms with Crippen LogP contribution in [0.3, 0.4) is 0 Å². The summed E-state index contributed by atoms with van der Waals surface area (Å²) in [5.74, 6) is 0.866. The van der Waals surface area contributed by atoms with E-state index in [2.05, 4.69) is 31.1 Å². The standard InChI is InChI=1S/C32H43FN8O3/c1-21-13-24(29-36-37-38-39(29)5)16-27(14-21)34-30(42)35-28-20-41(31(43)44-32(2,3)4)19-25(28)18-40-12-6-7-23(17-40)15-22-8-10-26(33)11-9-22/h8-11,13-14,16,23,25,28H,6-7,12,15,17-20H2,1-5H3,(H2,34,35,42)/t23-,25-,28+/m0/s1. The maximum absolute atomic E-state index is 13.4. The van der Waals surface area contributed by atoms with Crippen LogP contribution in [-0.4, -0.2) is 86.5 Å². The van der Waals surface area contributed by atoms with E-state index in [4.69, 9.17) is 4.74 Å². The Kier molecular flexibility index (Phi) is 9.48. The van der Waals surface area contributed by atoms with Crippen molar-refractivity contribution in [3.63, 3.8) is 0 Å². The van der Waals surface area contributed by atoms with Gasteiger partial charge in [0.05, 0.1) is 6.04 Å². The Morgan fingerprint density at radius 1 is 1.09 bits per heavy atom. The molecule has 0 saturated carbocycles. The minimum absolute atomic E-state index is 0.0237. The third kappa shape index (κ3) is 8.31. The molecule has 44 heavy (non-hydrogen) atoms. The average Bonchev–Trinajstić information content (AvgIpc) is 3.55. The van der Waals surface area contributed by atoms with Crippen molar-refractivity contribution in [2.75, 3.05) is 38.0 Å². The molecule has 3 heterocycles. The summed E-state index contributed by atoms with van der Waals surface area (Å²) in [7, 11) is 1.77. The van der Waals surface area contributed by atoms with Crippen molar-refractivity contribution in [2.24, 2.45) is 18.9 Å². The molecule has 3 atom stereocenters. The summed E-state index contributed by atoms with van der Waals surface area (Å²) < 4.78 is 20.7. The molecule has 2 fully saturated rings.